The van der Waals surface area contributed by atoms with Crippen LogP contribution in [0, 0.1) is 0 Å². The van der Waals surface area contributed by atoms with E-state index in [0.717, 1.165) is 49.1 Å². The van der Waals surface area contributed by atoms with Gasteiger partial charge in [0.2, 0.25) is 0 Å². The van der Waals surface area contributed by atoms with E-state index < -0.39 is 6.23 Å². The first-order chi connectivity index (χ1) is 9.70. The molecule has 3 N–H and O–H groups in total. The van der Waals surface area contributed by atoms with Gasteiger partial charge in [-0.2, -0.15) is 0 Å². The van der Waals surface area contributed by atoms with Crippen LogP contribution in [0.4, 0.5) is 0 Å². The highest BCUT2D eigenvalue weighted by molar-refractivity contribution is 5.79. The number of likely N-dealkylation sites (tertiary alicyclic amines) is 1. The molecule has 108 valence electrons. The molecule has 5 nitrogen and oxygen atoms in total. The number of nitrogens with two attached hydrogens (primary N) is 1. The minimum atomic E-state index is -0.605. The highest BCUT2D eigenvalue weighted by atomic mass is 16.3. The lowest BCUT2D eigenvalue weighted by Gasteiger charge is -2.34. The molecule has 1 aliphatic heterocycles. The molecule has 0 aromatic carbocycles. The number of aliphatic hydroxyl groups is 1. The van der Waals surface area contributed by atoms with Gasteiger partial charge in [-0.15, -0.1) is 0 Å². The Morgan fingerprint density at radius 2 is 2.35 bits per heavy atom. The molecule has 3 rings (SSSR count). The van der Waals surface area contributed by atoms with Crippen molar-refractivity contribution in [3.63, 3.8) is 0 Å². The lowest BCUT2D eigenvalue weighted by molar-refractivity contribution is -0.0135. The Morgan fingerprint density at radius 1 is 1.50 bits per heavy atom. The summed E-state index contributed by atoms with van der Waals surface area (Å²) in [5.74, 6) is 0. The second-order valence-corrected chi connectivity index (χ2v) is 5.51. The van der Waals surface area contributed by atoms with E-state index in [0.29, 0.717) is 0 Å². The predicted octanol–water partition coefficient (Wildman–Crippen LogP) is 1.47. The largest absolute Gasteiger partial charge is 0.374 e. The average molecular weight is 274 g/mol. The van der Waals surface area contributed by atoms with Crippen LogP contribution in [0.2, 0.25) is 0 Å². The zero-order valence-corrected chi connectivity index (χ0v) is 11.9. The van der Waals surface area contributed by atoms with Crippen molar-refractivity contribution in [2.75, 3.05) is 13.1 Å². The molecule has 5 heteroatoms. The summed E-state index contributed by atoms with van der Waals surface area (Å²) in [6.07, 6.45) is 5.27. The number of aliphatic hydroxyl groups excluding tert-OH is 1. The molecule has 0 spiro atoms. The summed E-state index contributed by atoms with van der Waals surface area (Å²) >= 11 is 0. The van der Waals surface area contributed by atoms with Gasteiger partial charge in [0.05, 0.1) is 11.0 Å². The van der Waals surface area contributed by atoms with E-state index >= 15 is 0 Å². The van der Waals surface area contributed by atoms with Crippen molar-refractivity contribution < 1.29 is 5.11 Å². The first-order valence-electron chi connectivity index (χ1n) is 7.32. The Labute approximate surface area is 119 Å². The minimum absolute atomic E-state index is 0.161. The molecule has 1 fully saturated rings. The maximum Gasteiger partial charge on any atom is 0.135 e. The van der Waals surface area contributed by atoms with Crippen LogP contribution in [0.1, 0.15) is 31.6 Å². The molecule has 0 saturated carbocycles. The molecule has 0 aliphatic carbocycles. The molecule has 2 atom stereocenters. The summed E-state index contributed by atoms with van der Waals surface area (Å²) in [5.41, 5.74) is 8.91. The van der Waals surface area contributed by atoms with Gasteiger partial charge in [-0.3, -0.25) is 9.88 Å². The number of fused-ring (bicyclic) bond motifs is 1. The van der Waals surface area contributed by atoms with Crippen molar-refractivity contribution in [1.82, 2.24) is 14.5 Å². The van der Waals surface area contributed by atoms with Crippen molar-refractivity contribution >= 4 is 11.0 Å². The number of hydrogen-bond donors (Lipinski definition) is 2. The number of aromatic nitrogens is 2. The lowest BCUT2D eigenvalue weighted by Crippen LogP contribution is -2.44. The lowest BCUT2D eigenvalue weighted by atomic mass is 10.0. The summed E-state index contributed by atoms with van der Waals surface area (Å²) in [4.78, 5) is 6.44. The van der Waals surface area contributed by atoms with Crippen LogP contribution in [0.25, 0.3) is 11.0 Å². The molecule has 2 aromatic rings. The molecule has 1 aliphatic rings. The van der Waals surface area contributed by atoms with Crippen molar-refractivity contribution in [2.24, 2.45) is 5.73 Å². The zero-order chi connectivity index (χ0) is 14.1. The van der Waals surface area contributed by atoms with Gasteiger partial charge in [-0.05, 0) is 31.9 Å². The van der Waals surface area contributed by atoms with Gasteiger partial charge in [0, 0.05) is 43.6 Å². The Morgan fingerprint density at radius 3 is 3.10 bits per heavy atom. The zero-order valence-electron chi connectivity index (χ0n) is 11.9. The van der Waals surface area contributed by atoms with Crippen molar-refractivity contribution in [3.05, 3.63) is 30.1 Å². The fraction of sp³-hybridized carbons (Fsp3) is 0.533. The summed E-state index contributed by atoms with van der Waals surface area (Å²) in [6.45, 7) is 4.61. The van der Waals surface area contributed by atoms with Crippen LogP contribution in [-0.2, 0) is 6.54 Å². The van der Waals surface area contributed by atoms with E-state index in [1.54, 1.807) is 6.20 Å². The molecular weight excluding hydrogens is 252 g/mol. The molecule has 0 amide bonds. The summed E-state index contributed by atoms with van der Waals surface area (Å²) in [6, 6.07) is 4.07. The second kappa shape index (κ2) is 5.52. The predicted molar refractivity (Wildman–Crippen MR) is 79.1 cm³/mol. The van der Waals surface area contributed by atoms with Crippen LogP contribution in [0.15, 0.2) is 24.5 Å². The molecule has 1 unspecified atom stereocenters. The number of pyridine rings is 1. The van der Waals surface area contributed by atoms with E-state index in [1.165, 1.54) is 0 Å². The molecule has 2 aromatic heterocycles. The van der Waals surface area contributed by atoms with E-state index in [2.05, 4.69) is 21.4 Å². The van der Waals surface area contributed by atoms with Gasteiger partial charge in [0.25, 0.3) is 0 Å². The SMILES string of the molecule is CCn1ccc2nccc(C(O)N3CCC[C@@H](N)C3)c21. The minimum Gasteiger partial charge on any atom is -0.374 e. The Bertz CT molecular complexity index is 595. The third-order valence-electron chi connectivity index (χ3n) is 4.14. The standard InChI is InChI=1S/C15H22N4O/c1-2-18-9-6-13-14(18)12(5-7-17-13)15(20)19-8-3-4-11(16)10-19/h5-7,9,11,15,20H,2-4,8,10,16H2,1H3/t11-,15?/m1/s1. The first kappa shape index (κ1) is 13.5. The number of aryl methyl sites for hydroxylation is 1. The van der Waals surface area contributed by atoms with Crippen LogP contribution in [-0.4, -0.2) is 38.7 Å². The highest BCUT2D eigenvalue weighted by Crippen LogP contribution is 2.28. The van der Waals surface area contributed by atoms with Crippen LogP contribution >= 0.6 is 0 Å². The van der Waals surface area contributed by atoms with Crippen molar-refractivity contribution in [2.45, 2.75) is 38.6 Å². The van der Waals surface area contributed by atoms with Gasteiger partial charge < -0.3 is 15.4 Å². The average Bonchev–Trinajstić information content (AvgIpc) is 2.89. The molecule has 20 heavy (non-hydrogen) atoms. The summed E-state index contributed by atoms with van der Waals surface area (Å²) in [5, 5.41) is 10.7. The van der Waals surface area contributed by atoms with Crippen molar-refractivity contribution in [3.8, 4) is 0 Å². The smallest absolute Gasteiger partial charge is 0.135 e. The fourth-order valence-corrected chi connectivity index (χ4v) is 3.09. The number of hydrogen-bond acceptors (Lipinski definition) is 4. The van der Waals surface area contributed by atoms with E-state index in [4.69, 9.17) is 5.73 Å². The molecule has 3 heterocycles. The first-order valence-corrected chi connectivity index (χ1v) is 7.32. The van der Waals surface area contributed by atoms with Gasteiger partial charge >= 0.3 is 0 Å². The Kier molecular flexibility index (Phi) is 3.74. The van der Waals surface area contributed by atoms with Gasteiger partial charge in [-0.25, -0.2) is 0 Å². The Hall–Kier alpha value is -1.43. The third-order valence-corrected chi connectivity index (χ3v) is 4.14. The van der Waals surface area contributed by atoms with Gasteiger partial charge in [0.15, 0.2) is 0 Å². The monoisotopic (exact) mass is 274 g/mol. The fourth-order valence-electron chi connectivity index (χ4n) is 3.09. The van der Waals surface area contributed by atoms with Gasteiger partial charge in [-0.1, -0.05) is 0 Å². The van der Waals surface area contributed by atoms with E-state index in [-0.39, 0.29) is 6.04 Å². The second-order valence-electron chi connectivity index (χ2n) is 5.51. The third kappa shape index (κ3) is 2.32. The van der Waals surface area contributed by atoms with E-state index in [1.807, 2.05) is 18.3 Å². The molecular formula is C15H22N4O. The van der Waals surface area contributed by atoms with Gasteiger partial charge in [0.1, 0.15) is 6.23 Å². The van der Waals surface area contributed by atoms with Crippen LogP contribution in [0.3, 0.4) is 0 Å². The topological polar surface area (TPSA) is 67.3 Å². The van der Waals surface area contributed by atoms with E-state index in [9.17, 15) is 5.11 Å². The number of nitrogens with zero attached hydrogens (tertiary/aromatic N) is 3. The van der Waals surface area contributed by atoms with Crippen LogP contribution in [0.5, 0.6) is 0 Å². The highest BCUT2D eigenvalue weighted by Gasteiger charge is 2.25. The summed E-state index contributed by atoms with van der Waals surface area (Å²) in [7, 11) is 0. The maximum atomic E-state index is 10.7. The normalized spacial score (nSPS) is 22.2. The van der Waals surface area contributed by atoms with Crippen molar-refractivity contribution in [1.29, 1.82) is 0 Å². The molecule has 0 radical (unpaired) electrons. The Balaban J connectivity index is 1.98. The quantitative estimate of drug-likeness (QED) is 0.889. The molecule has 1 saturated heterocycles. The molecule has 0 bridgehead atoms. The van der Waals surface area contributed by atoms with Crippen LogP contribution < -0.4 is 5.73 Å². The number of piperidine rings is 1. The number of rotatable bonds is 3. The summed E-state index contributed by atoms with van der Waals surface area (Å²) < 4.78 is 2.13. The maximum absolute atomic E-state index is 10.7.